The Morgan fingerprint density at radius 1 is 1.18 bits per heavy atom. The van der Waals surface area contributed by atoms with E-state index in [4.69, 9.17) is 8.83 Å². The summed E-state index contributed by atoms with van der Waals surface area (Å²) in [7, 11) is 3.98. The van der Waals surface area contributed by atoms with Gasteiger partial charge in [0.1, 0.15) is 11.5 Å². The zero-order valence-electron chi connectivity index (χ0n) is 10.3. The van der Waals surface area contributed by atoms with Gasteiger partial charge in [-0.2, -0.15) is 0 Å². The predicted octanol–water partition coefficient (Wildman–Crippen LogP) is 2.22. The Kier molecular flexibility index (Phi) is 4.01. The minimum atomic E-state index is 0.761. The Morgan fingerprint density at radius 2 is 2.06 bits per heavy atom. The summed E-state index contributed by atoms with van der Waals surface area (Å²) in [5.74, 6) is 1.98. The second-order valence-electron chi connectivity index (χ2n) is 4.15. The van der Waals surface area contributed by atoms with Crippen molar-refractivity contribution in [2.24, 2.45) is 0 Å². The molecule has 0 fully saturated rings. The third-order valence-corrected chi connectivity index (χ3v) is 2.62. The molecule has 0 aliphatic carbocycles. The summed E-state index contributed by atoms with van der Waals surface area (Å²) in [4.78, 5) is 2.20. The maximum Gasteiger partial charge on any atom is 0.122 e. The molecule has 0 spiro atoms. The second-order valence-corrected chi connectivity index (χ2v) is 4.15. The van der Waals surface area contributed by atoms with Crippen LogP contribution in [0.15, 0.2) is 39.6 Å². The van der Waals surface area contributed by atoms with Crippen LogP contribution in [0, 0.1) is 0 Å². The molecule has 0 aromatic carbocycles. The lowest BCUT2D eigenvalue weighted by atomic mass is 10.2. The van der Waals surface area contributed by atoms with Crippen molar-refractivity contribution in [1.82, 2.24) is 10.2 Å². The first-order valence-electron chi connectivity index (χ1n) is 5.70. The zero-order chi connectivity index (χ0) is 12.1. The van der Waals surface area contributed by atoms with Gasteiger partial charge < -0.3 is 14.2 Å². The normalized spacial score (nSPS) is 11.2. The van der Waals surface area contributed by atoms with Crippen LogP contribution < -0.4 is 5.32 Å². The van der Waals surface area contributed by atoms with Crippen LogP contribution in [-0.2, 0) is 19.6 Å². The highest BCUT2D eigenvalue weighted by molar-refractivity contribution is 5.16. The molecule has 0 atom stereocenters. The van der Waals surface area contributed by atoms with Gasteiger partial charge in [0.25, 0.3) is 0 Å². The summed E-state index contributed by atoms with van der Waals surface area (Å²) < 4.78 is 10.8. The van der Waals surface area contributed by atoms with Gasteiger partial charge in [-0.15, -0.1) is 0 Å². The van der Waals surface area contributed by atoms with E-state index in [0.717, 1.165) is 31.2 Å². The summed E-state index contributed by atoms with van der Waals surface area (Å²) in [6.45, 7) is 2.42. The number of nitrogens with zero attached hydrogens (tertiary/aromatic N) is 1. The van der Waals surface area contributed by atoms with Gasteiger partial charge in [0.05, 0.1) is 25.6 Å². The quantitative estimate of drug-likeness (QED) is 0.832. The van der Waals surface area contributed by atoms with Crippen LogP contribution >= 0.6 is 0 Å². The fraction of sp³-hybridized carbons (Fsp3) is 0.385. The predicted molar refractivity (Wildman–Crippen MR) is 65.4 cm³/mol. The molecule has 0 aliphatic heterocycles. The summed E-state index contributed by atoms with van der Waals surface area (Å²) in [5.41, 5.74) is 1.22. The SMILES string of the molecule is CNCc1occc1CN(C)Cc1ccco1. The molecular weight excluding hydrogens is 216 g/mol. The minimum Gasteiger partial charge on any atom is -0.468 e. The van der Waals surface area contributed by atoms with Crippen molar-refractivity contribution in [2.45, 2.75) is 19.6 Å². The topological polar surface area (TPSA) is 41.6 Å². The summed E-state index contributed by atoms with van der Waals surface area (Å²) in [6, 6.07) is 5.92. The van der Waals surface area contributed by atoms with Gasteiger partial charge in [-0.25, -0.2) is 0 Å². The van der Waals surface area contributed by atoms with Crippen molar-refractivity contribution in [3.8, 4) is 0 Å². The first-order valence-corrected chi connectivity index (χ1v) is 5.70. The number of hydrogen-bond acceptors (Lipinski definition) is 4. The Balaban J connectivity index is 1.93. The lowest BCUT2D eigenvalue weighted by Gasteiger charge is -2.14. The average Bonchev–Trinajstić information content (AvgIpc) is 2.92. The van der Waals surface area contributed by atoms with E-state index in [-0.39, 0.29) is 0 Å². The van der Waals surface area contributed by atoms with Crippen molar-refractivity contribution in [3.05, 3.63) is 47.8 Å². The molecule has 4 heteroatoms. The number of nitrogens with one attached hydrogen (secondary N) is 1. The molecule has 2 rings (SSSR count). The van der Waals surface area contributed by atoms with E-state index in [1.54, 1.807) is 12.5 Å². The molecule has 2 aromatic heterocycles. The fourth-order valence-corrected chi connectivity index (χ4v) is 1.84. The van der Waals surface area contributed by atoms with E-state index in [2.05, 4.69) is 17.3 Å². The highest BCUT2D eigenvalue weighted by atomic mass is 16.3. The summed E-state index contributed by atoms with van der Waals surface area (Å²) in [5, 5.41) is 3.10. The van der Waals surface area contributed by atoms with Crippen LogP contribution in [0.3, 0.4) is 0 Å². The smallest absolute Gasteiger partial charge is 0.122 e. The van der Waals surface area contributed by atoms with E-state index in [0.29, 0.717) is 0 Å². The molecule has 0 radical (unpaired) electrons. The van der Waals surface area contributed by atoms with Crippen LogP contribution in [0.2, 0.25) is 0 Å². The van der Waals surface area contributed by atoms with E-state index in [1.807, 2.05) is 25.2 Å². The zero-order valence-corrected chi connectivity index (χ0v) is 10.3. The Hall–Kier alpha value is -1.52. The monoisotopic (exact) mass is 234 g/mol. The van der Waals surface area contributed by atoms with Crippen molar-refractivity contribution in [3.63, 3.8) is 0 Å². The molecule has 0 bridgehead atoms. The molecule has 0 saturated heterocycles. The van der Waals surface area contributed by atoms with Gasteiger partial charge in [0.2, 0.25) is 0 Å². The van der Waals surface area contributed by atoms with E-state index in [9.17, 15) is 0 Å². The molecule has 4 nitrogen and oxygen atoms in total. The van der Waals surface area contributed by atoms with Crippen molar-refractivity contribution < 1.29 is 8.83 Å². The molecule has 0 saturated carbocycles. The minimum absolute atomic E-state index is 0.761. The van der Waals surface area contributed by atoms with E-state index in [1.165, 1.54) is 5.56 Å². The van der Waals surface area contributed by atoms with Gasteiger partial charge in [0, 0.05) is 12.1 Å². The molecule has 2 aromatic rings. The van der Waals surface area contributed by atoms with Crippen molar-refractivity contribution in [1.29, 1.82) is 0 Å². The highest BCUT2D eigenvalue weighted by Gasteiger charge is 2.09. The molecule has 0 aliphatic rings. The van der Waals surface area contributed by atoms with Gasteiger partial charge in [-0.05, 0) is 32.3 Å². The number of furan rings is 2. The Labute approximate surface area is 101 Å². The average molecular weight is 234 g/mol. The van der Waals surface area contributed by atoms with E-state index < -0.39 is 0 Å². The lowest BCUT2D eigenvalue weighted by Crippen LogP contribution is -2.18. The van der Waals surface area contributed by atoms with Gasteiger partial charge in [-0.3, -0.25) is 4.90 Å². The largest absolute Gasteiger partial charge is 0.468 e. The van der Waals surface area contributed by atoms with Gasteiger partial charge in [-0.1, -0.05) is 0 Å². The molecule has 0 amide bonds. The standard InChI is InChI=1S/C13H18N2O2/c1-14-8-13-11(5-7-17-13)9-15(2)10-12-4-3-6-16-12/h3-7,14H,8-10H2,1-2H3. The van der Waals surface area contributed by atoms with Crippen LogP contribution in [0.4, 0.5) is 0 Å². The number of rotatable bonds is 6. The third kappa shape index (κ3) is 3.22. The van der Waals surface area contributed by atoms with Gasteiger partial charge in [0.15, 0.2) is 0 Å². The van der Waals surface area contributed by atoms with Crippen LogP contribution in [0.5, 0.6) is 0 Å². The molecule has 92 valence electrons. The van der Waals surface area contributed by atoms with Gasteiger partial charge >= 0.3 is 0 Å². The molecule has 0 unspecified atom stereocenters. The Bertz CT molecular complexity index is 434. The third-order valence-electron chi connectivity index (χ3n) is 2.62. The van der Waals surface area contributed by atoms with Crippen LogP contribution in [0.1, 0.15) is 17.1 Å². The molecule has 17 heavy (non-hydrogen) atoms. The van der Waals surface area contributed by atoms with Crippen molar-refractivity contribution >= 4 is 0 Å². The lowest BCUT2D eigenvalue weighted by molar-refractivity contribution is 0.285. The molecular formula is C13H18N2O2. The first kappa shape index (κ1) is 12.0. The van der Waals surface area contributed by atoms with Crippen LogP contribution in [0.25, 0.3) is 0 Å². The summed E-state index contributed by atoms with van der Waals surface area (Å²) in [6.07, 6.45) is 3.44. The number of hydrogen-bond donors (Lipinski definition) is 1. The van der Waals surface area contributed by atoms with Crippen LogP contribution in [-0.4, -0.2) is 19.0 Å². The highest BCUT2D eigenvalue weighted by Crippen LogP contribution is 2.14. The molecule has 2 heterocycles. The maximum absolute atomic E-state index is 5.43. The molecule has 1 N–H and O–H groups in total. The second kappa shape index (κ2) is 5.70. The maximum atomic E-state index is 5.43. The fourth-order valence-electron chi connectivity index (χ4n) is 1.84. The Morgan fingerprint density at radius 3 is 2.76 bits per heavy atom. The summed E-state index contributed by atoms with van der Waals surface area (Å²) >= 11 is 0. The van der Waals surface area contributed by atoms with Crippen molar-refractivity contribution in [2.75, 3.05) is 14.1 Å². The van der Waals surface area contributed by atoms with E-state index >= 15 is 0 Å². The first-order chi connectivity index (χ1) is 8.29.